The number of pyridine rings is 1. The fourth-order valence-corrected chi connectivity index (χ4v) is 7.68. The maximum Gasteiger partial charge on any atom is 0.491 e. The average Bonchev–Trinajstić information content (AvgIpc) is 3.11. The van der Waals surface area contributed by atoms with E-state index >= 15 is 0 Å². The first-order chi connectivity index (χ1) is 25.1. The van der Waals surface area contributed by atoms with Crippen LogP contribution in [0.25, 0.3) is 10.8 Å². The Morgan fingerprint density at radius 3 is 2.42 bits per heavy atom. The molecular weight excluding hydrogens is 715 g/mol. The summed E-state index contributed by atoms with van der Waals surface area (Å²) in [5, 5.41) is 6.32. The Bertz CT molecular complexity index is 2060. The Morgan fingerprint density at radius 2 is 1.72 bits per heavy atom. The predicted octanol–water partition coefficient (Wildman–Crippen LogP) is 6.30. The summed E-state index contributed by atoms with van der Waals surface area (Å²) in [4.78, 5) is 31.2. The molecule has 1 aliphatic rings. The molecule has 53 heavy (non-hydrogen) atoms. The smallest absolute Gasteiger partial charge is 0.490 e. The van der Waals surface area contributed by atoms with Gasteiger partial charge in [-0.05, 0) is 93.1 Å². The van der Waals surface area contributed by atoms with Crippen molar-refractivity contribution in [1.82, 2.24) is 15.0 Å². The van der Waals surface area contributed by atoms with Crippen molar-refractivity contribution in [3.05, 3.63) is 84.1 Å². The molecule has 5 rings (SSSR count). The van der Waals surface area contributed by atoms with Crippen LogP contribution in [0.2, 0.25) is 0 Å². The van der Waals surface area contributed by atoms with Gasteiger partial charge in [-0.2, -0.15) is 13.2 Å². The summed E-state index contributed by atoms with van der Waals surface area (Å²) < 4.78 is 88.6. The zero-order chi connectivity index (χ0) is 38.4. The van der Waals surface area contributed by atoms with Crippen LogP contribution < -0.4 is 30.6 Å². The van der Waals surface area contributed by atoms with Crippen LogP contribution in [-0.2, 0) is 36.6 Å². The number of halogens is 3. The monoisotopic (exact) mass is 757 g/mol. The van der Waals surface area contributed by atoms with E-state index in [1.807, 2.05) is 0 Å². The maximum absolute atomic E-state index is 14.5. The van der Waals surface area contributed by atoms with Gasteiger partial charge in [0.25, 0.3) is 11.6 Å². The molecule has 12 nitrogen and oxygen atoms in total. The molecular formula is C37H42F3N5O7S. The van der Waals surface area contributed by atoms with Crippen LogP contribution in [0.3, 0.4) is 0 Å². The van der Waals surface area contributed by atoms with Gasteiger partial charge in [-0.15, -0.1) is 0 Å². The number of anilines is 2. The highest BCUT2D eigenvalue weighted by molar-refractivity contribution is 7.89. The van der Waals surface area contributed by atoms with Crippen molar-refractivity contribution in [2.75, 3.05) is 17.7 Å². The summed E-state index contributed by atoms with van der Waals surface area (Å²) in [6, 6.07) is 15.6. The summed E-state index contributed by atoms with van der Waals surface area (Å²) in [5.74, 6) is -3.45. The molecule has 1 aromatic heterocycles. The number of nitrogens with one attached hydrogen (secondary N) is 3. The van der Waals surface area contributed by atoms with Crippen molar-refractivity contribution >= 4 is 44.2 Å². The normalized spacial score (nSPS) is 15.1. The van der Waals surface area contributed by atoms with Gasteiger partial charge in [-0.3, -0.25) is 4.79 Å². The van der Waals surface area contributed by atoms with Gasteiger partial charge < -0.3 is 30.6 Å². The number of amides is 1. The number of nitrogens with two attached hydrogens (primary N) is 1. The third kappa shape index (κ3) is 9.29. The molecule has 1 atom stereocenters. The molecule has 1 saturated carbocycles. The lowest BCUT2D eigenvalue weighted by Crippen LogP contribution is -2.54. The van der Waals surface area contributed by atoms with Gasteiger partial charge in [-0.1, -0.05) is 37.5 Å². The Morgan fingerprint density at radius 1 is 0.981 bits per heavy atom. The second kappa shape index (κ2) is 16.3. The Labute approximate surface area is 305 Å². The van der Waals surface area contributed by atoms with Gasteiger partial charge in [0.05, 0.1) is 17.6 Å². The van der Waals surface area contributed by atoms with Crippen molar-refractivity contribution < 1.29 is 45.4 Å². The number of nitrogen functional groups attached to an aromatic ring is 1. The van der Waals surface area contributed by atoms with Crippen LogP contribution in [0.1, 0.15) is 64.0 Å². The minimum atomic E-state index is -5.52. The van der Waals surface area contributed by atoms with E-state index < -0.39 is 40.3 Å². The second-order valence-electron chi connectivity index (χ2n) is 12.8. The van der Waals surface area contributed by atoms with Crippen LogP contribution in [0.15, 0.2) is 77.8 Å². The van der Waals surface area contributed by atoms with E-state index in [0.29, 0.717) is 23.6 Å². The highest BCUT2D eigenvalue weighted by Crippen LogP contribution is 2.38. The van der Waals surface area contributed by atoms with E-state index in [-0.39, 0.29) is 57.8 Å². The number of benzene rings is 3. The second-order valence-corrected chi connectivity index (χ2v) is 14.5. The summed E-state index contributed by atoms with van der Waals surface area (Å²) in [5.41, 5.74) is 3.04. The zero-order valence-corrected chi connectivity index (χ0v) is 30.3. The van der Waals surface area contributed by atoms with Crippen molar-refractivity contribution in [3.63, 3.8) is 0 Å². The molecule has 1 unspecified atom stereocenters. The third-order valence-electron chi connectivity index (χ3n) is 8.55. The Balaban J connectivity index is 1.61. The maximum atomic E-state index is 14.5. The number of nitrogens with zero attached hydrogens (tertiary/aromatic N) is 1. The number of hydrogen-bond donors (Lipinski definition) is 4. The van der Waals surface area contributed by atoms with E-state index in [9.17, 15) is 31.2 Å². The number of alkyl halides is 3. The fourth-order valence-electron chi connectivity index (χ4n) is 6.13. The number of rotatable bonds is 14. The lowest BCUT2D eigenvalue weighted by atomic mass is 9.96. The molecule has 0 bridgehead atoms. The van der Waals surface area contributed by atoms with Gasteiger partial charge in [0.1, 0.15) is 5.82 Å². The molecule has 3 aromatic carbocycles. The van der Waals surface area contributed by atoms with Crippen LogP contribution in [0.4, 0.5) is 24.7 Å². The summed E-state index contributed by atoms with van der Waals surface area (Å²) in [6.45, 7) is 4.85. The molecule has 5 N–H and O–H groups in total. The number of sulfonamides is 1. The minimum absolute atomic E-state index is 0.0586. The lowest BCUT2D eigenvalue weighted by Gasteiger charge is -2.35. The highest BCUT2D eigenvalue weighted by Gasteiger charge is 2.52. The van der Waals surface area contributed by atoms with Crippen molar-refractivity contribution in [2.45, 2.75) is 88.4 Å². The van der Waals surface area contributed by atoms with E-state index in [0.717, 1.165) is 19.3 Å². The van der Waals surface area contributed by atoms with E-state index in [4.69, 9.17) is 19.9 Å². The largest absolute Gasteiger partial charge is 0.491 e. The third-order valence-corrected chi connectivity index (χ3v) is 10.2. The number of aromatic nitrogens is 1. The number of carbonyl (C=O) groups excluding carboxylic acids is 2. The van der Waals surface area contributed by atoms with Crippen LogP contribution in [-0.4, -0.2) is 50.2 Å². The molecule has 1 heterocycles. The Kier molecular flexibility index (Phi) is 12.0. The molecule has 16 heteroatoms. The summed E-state index contributed by atoms with van der Waals surface area (Å²) in [6.07, 6.45) is -0.273. The number of esters is 1. The van der Waals surface area contributed by atoms with E-state index in [1.54, 1.807) is 39.0 Å². The Hall–Kier alpha value is -5.09. The quantitative estimate of drug-likeness (QED) is 0.0846. The lowest BCUT2D eigenvalue weighted by molar-refractivity contribution is -0.213. The van der Waals surface area contributed by atoms with Crippen LogP contribution in [0, 0.1) is 0 Å². The van der Waals surface area contributed by atoms with Gasteiger partial charge in [0, 0.05) is 35.4 Å². The molecule has 1 fully saturated rings. The van der Waals surface area contributed by atoms with Crippen LogP contribution >= 0.6 is 0 Å². The number of fused-ring (bicyclic) bond motifs is 1. The van der Waals surface area contributed by atoms with Gasteiger partial charge in [0.15, 0.2) is 11.5 Å². The van der Waals surface area contributed by atoms with Crippen molar-refractivity contribution in [1.29, 1.82) is 0 Å². The van der Waals surface area contributed by atoms with Crippen molar-refractivity contribution in [2.24, 2.45) is 0 Å². The molecule has 0 saturated heterocycles. The SMILES string of the molecule is CCOc1cc(C(Nc2ccc3c(N)nccc3c2)(OC(=O)C(F)(F)F)C(=O)NCc2ccccc2S(=O)(=O)NC2CCCCC2)ccc1OC(C)C. The molecule has 1 aliphatic carbocycles. The topological polar surface area (TPSA) is 171 Å². The van der Waals surface area contributed by atoms with E-state index in [2.05, 4.69) is 20.3 Å². The highest BCUT2D eigenvalue weighted by atomic mass is 32.2. The number of carbonyl (C=O) groups is 2. The standard InChI is InChI=1S/C37H42F3N5O7S/c1-4-50-31-21-26(14-17-30(31)51-23(2)3)36(52-35(47)37(38,39)40,44-28-15-16-29-24(20-28)18-19-42-33(29)41)34(46)43-22-25-10-8-9-13-32(25)53(48,49)45-27-11-6-5-7-12-27/h8-10,13-21,23,27,44-45H,4-7,11-12,22H2,1-3H3,(H2,41,42)(H,43,46). The van der Waals surface area contributed by atoms with Crippen LogP contribution in [0.5, 0.6) is 11.5 Å². The predicted molar refractivity (Wildman–Crippen MR) is 192 cm³/mol. The van der Waals surface area contributed by atoms with Gasteiger partial charge in [0.2, 0.25) is 10.0 Å². The fraction of sp³-hybridized carbons (Fsp3) is 0.378. The summed E-state index contributed by atoms with van der Waals surface area (Å²) in [7, 11) is -4.06. The zero-order valence-electron chi connectivity index (χ0n) is 29.5. The van der Waals surface area contributed by atoms with Crippen molar-refractivity contribution in [3.8, 4) is 11.5 Å². The molecule has 284 valence electrons. The molecule has 1 amide bonds. The first kappa shape index (κ1) is 39.1. The summed E-state index contributed by atoms with van der Waals surface area (Å²) >= 11 is 0. The first-order valence-corrected chi connectivity index (χ1v) is 18.7. The average molecular weight is 758 g/mol. The van der Waals surface area contributed by atoms with E-state index in [1.165, 1.54) is 54.7 Å². The number of hydrogen-bond acceptors (Lipinski definition) is 10. The number of ether oxygens (including phenoxy) is 3. The molecule has 0 spiro atoms. The molecule has 0 radical (unpaired) electrons. The molecule has 4 aromatic rings. The molecule has 0 aliphatic heterocycles. The first-order valence-electron chi connectivity index (χ1n) is 17.2. The minimum Gasteiger partial charge on any atom is -0.490 e. The van der Waals surface area contributed by atoms with Gasteiger partial charge >= 0.3 is 12.1 Å². The van der Waals surface area contributed by atoms with Gasteiger partial charge in [-0.25, -0.2) is 22.9 Å².